The van der Waals surface area contributed by atoms with E-state index in [1.54, 1.807) is 32.2 Å². The number of nitrogens with one attached hydrogen (secondary N) is 1. The molecule has 0 aliphatic carbocycles. The van der Waals surface area contributed by atoms with Gasteiger partial charge in [-0.05, 0) is 50.5 Å². The molecule has 3 rings (SSSR count). The normalized spacial score (nSPS) is 11.6. The number of carbonyl (C=O) groups is 3. The van der Waals surface area contributed by atoms with E-state index in [2.05, 4.69) is 25.3 Å². The zero-order valence-electron chi connectivity index (χ0n) is 22.6. The Bertz CT molecular complexity index is 1350. The summed E-state index contributed by atoms with van der Waals surface area (Å²) in [5.74, 6) is -1.31. The number of esters is 2. The number of hydrogen-bond donors (Lipinski definition) is 3. The van der Waals surface area contributed by atoms with Crippen molar-refractivity contribution in [1.82, 2.24) is 25.3 Å². The maximum atomic E-state index is 13.1. The van der Waals surface area contributed by atoms with Crippen LogP contribution in [0.5, 0.6) is 0 Å². The summed E-state index contributed by atoms with van der Waals surface area (Å²) in [6, 6.07) is 4.30. The molecule has 0 saturated carbocycles. The van der Waals surface area contributed by atoms with Crippen molar-refractivity contribution in [3.05, 3.63) is 41.2 Å². The summed E-state index contributed by atoms with van der Waals surface area (Å²) in [7, 11) is 1.90. The molecule has 39 heavy (non-hydrogen) atoms. The number of rotatable bonds is 12. The molecule has 0 saturated heterocycles. The van der Waals surface area contributed by atoms with Crippen LogP contribution in [-0.2, 0) is 32.0 Å². The van der Waals surface area contributed by atoms with Gasteiger partial charge in [0.2, 0.25) is 5.95 Å². The highest BCUT2D eigenvalue weighted by Crippen LogP contribution is 2.24. The van der Waals surface area contributed by atoms with Gasteiger partial charge in [-0.25, -0.2) is 14.8 Å². The molecule has 0 aliphatic rings. The fourth-order valence-corrected chi connectivity index (χ4v) is 4.00. The zero-order chi connectivity index (χ0) is 28.5. The first kappa shape index (κ1) is 29.0. The molecule has 13 heteroatoms. The largest absolute Gasteiger partial charge is 0.466 e. The first-order valence-electron chi connectivity index (χ1n) is 12.7. The van der Waals surface area contributed by atoms with Crippen molar-refractivity contribution >= 4 is 46.5 Å². The number of aryl methyl sites for hydroxylation is 1. The van der Waals surface area contributed by atoms with Crippen LogP contribution in [0.3, 0.4) is 0 Å². The van der Waals surface area contributed by atoms with E-state index in [0.717, 1.165) is 11.3 Å². The smallest absolute Gasteiger partial charge is 0.328 e. The number of nitrogens with zero attached hydrogens (tertiary/aromatic N) is 5. The molecular formula is C26H34N8O5. The van der Waals surface area contributed by atoms with Crippen LogP contribution in [-0.4, -0.2) is 64.1 Å². The number of hydrogen-bond acceptors (Lipinski definition) is 12. The summed E-state index contributed by atoms with van der Waals surface area (Å²) in [6.45, 7) is 6.15. The predicted octanol–water partition coefficient (Wildman–Crippen LogP) is 1.79. The van der Waals surface area contributed by atoms with E-state index in [1.807, 2.05) is 24.9 Å². The Morgan fingerprint density at radius 2 is 1.79 bits per heavy atom. The number of benzene rings is 1. The topological polar surface area (TPSA) is 189 Å². The molecule has 5 N–H and O–H groups in total. The fraction of sp³-hybridized carbons (Fsp3) is 0.423. The van der Waals surface area contributed by atoms with Gasteiger partial charge in [-0.3, -0.25) is 9.59 Å². The molecular weight excluding hydrogens is 504 g/mol. The number of carbonyl (C=O) groups excluding carboxylic acids is 3. The van der Waals surface area contributed by atoms with Crippen LogP contribution in [0, 0.1) is 0 Å². The molecule has 0 fully saturated rings. The second-order valence-corrected chi connectivity index (χ2v) is 8.68. The third-order valence-corrected chi connectivity index (χ3v) is 5.85. The lowest BCUT2D eigenvalue weighted by molar-refractivity contribution is -0.146. The van der Waals surface area contributed by atoms with Crippen LogP contribution in [0.25, 0.3) is 11.2 Å². The number of nitrogens with two attached hydrogens (primary N) is 2. The summed E-state index contributed by atoms with van der Waals surface area (Å²) in [6.07, 6.45) is 2.29. The first-order valence-corrected chi connectivity index (χ1v) is 12.7. The van der Waals surface area contributed by atoms with Gasteiger partial charge in [0, 0.05) is 24.7 Å². The average molecular weight is 539 g/mol. The van der Waals surface area contributed by atoms with Crippen molar-refractivity contribution in [3.8, 4) is 0 Å². The van der Waals surface area contributed by atoms with E-state index < -0.39 is 23.9 Å². The fourth-order valence-electron chi connectivity index (χ4n) is 4.00. The number of anilines is 3. The maximum Gasteiger partial charge on any atom is 0.328 e. The summed E-state index contributed by atoms with van der Waals surface area (Å²) in [4.78, 5) is 56.0. The lowest BCUT2D eigenvalue weighted by Crippen LogP contribution is -2.42. The van der Waals surface area contributed by atoms with Crippen molar-refractivity contribution in [2.45, 2.75) is 52.6 Å². The molecule has 0 unspecified atom stereocenters. The minimum absolute atomic E-state index is 0.0234. The second-order valence-electron chi connectivity index (χ2n) is 8.68. The molecule has 13 nitrogen and oxygen atoms in total. The molecule has 0 aliphatic heterocycles. The van der Waals surface area contributed by atoms with E-state index in [0.29, 0.717) is 35.4 Å². The third-order valence-electron chi connectivity index (χ3n) is 5.85. The van der Waals surface area contributed by atoms with Crippen LogP contribution in [0.4, 0.5) is 17.5 Å². The van der Waals surface area contributed by atoms with Crippen LogP contribution >= 0.6 is 0 Å². The molecule has 1 aromatic carbocycles. The highest BCUT2D eigenvalue weighted by Gasteiger charge is 2.24. The zero-order valence-corrected chi connectivity index (χ0v) is 22.6. The minimum atomic E-state index is -0.979. The molecule has 0 radical (unpaired) electrons. The quantitative estimate of drug-likeness (QED) is 0.284. The van der Waals surface area contributed by atoms with Gasteiger partial charge in [0.05, 0.1) is 31.6 Å². The van der Waals surface area contributed by atoms with Crippen LogP contribution < -0.4 is 21.7 Å². The van der Waals surface area contributed by atoms with E-state index in [-0.39, 0.29) is 37.8 Å². The van der Waals surface area contributed by atoms with Crippen LogP contribution in [0.15, 0.2) is 24.4 Å². The highest BCUT2D eigenvalue weighted by molar-refractivity contribution is 5.97. The Kier molecular flexibility index (Phi) is 9.90. The Labute approximate surface area is 226 Å². The van der Waals surface area contributed by atoms with Gasteiger partial charge in [0.1, 0.15) is 6.04 Å². The van der Waals surface area contributed by atoms with Crippen molar-refractivity contribution in [2.75, 3.05) is 36.6 Å². The van der Waals surface area contributed by atoms with Gasteiger partial charge in [-0.2, -0.15) is 9.97 Å². The van der Waals surface area contributed by atoms with E-state index >= 15 is 0 Å². The Balaban J connectivity index is 1.76. The monoisotopic (exact) mass is 538 g/mol. The number of amides is 1. The molecule has 0 spiro atoms. The average Bonchev–Trinajstić information content (AvgIpc) is 2.91. The van der Waals surface area contributed by atoms with Gasteiger partial charge in [0.15, 0.2) is 17.0 Å². The highest BCUT2D eigenvalue weighted by atomic mass is 16.5. The van der Waals surface area contributed by atoms with Gasteiger partial charge in [-0.1, -0.05) is 6.92 Å². The Hall–Kier alpha value is -4.55. The summed E-state index contributed by atoms with van der Waals surface area (Å²) >= 11 is 0. The maximum absolute atomic E-state index is 13.1. The lowest BCUT2D eigenvalue weighted by atomic mass is 10.0. The predicted molar refractivity (Wildman–Crippen MR) is 146 cm³/mol. The molecule has 2 heterocycles. The summed E-state index contributed by atoms with van der Waals surface area (Å²) in [5.41, 5.74) is 15.1. The Morgan fingerprint density at radius 1 is 1.05 bits per heavy atom. The van der Waals surface area contributed by atoms with E-state index in [9.17, 15) is 14.4 Å². The van der Waals surface area contributed by atoms with Gasteiger partial charge < -0.3 is 31.2 Å². The van der Waals surface area contributed by atoms with Crippen LogP contribution in [0.2, 0.25) is 0 Å². The standard InChI is InChI=1S/C26H34N8O5/c1-5-15-12-16(24(36)31-18(25(37)39-7-3)9-11-20(35)38-6-2)8-10-19(15)34(4)14-17-13-29-23-21(30-17)22(27)32-26(28)33-23/h8,10,12-13,18H,5-7,9,11,14H2,1-4H3,(H,31,36)(H4,27,28,29,32,33)/t18-/m0/s1. The summed E-state index contributed by atoms with van der Waals surface area (Å²) in [5, 5.41) is 2.70. The lowest BCUT2D eigenvalue weighted by Gasteiger charge is -2.23. The third kappa shape index (κ3) is 7.49. The minimum Gasteiger partial charge on any atom is -0.466 e. The molecule has 3 aromatic rings. The van der Waals surface area contributed by atoms with Gasteiger partial charge in [0.25, 0.3) is 5.91 Å². The summed E-state index contributed by atoms with van der Waals surface area (Å²) < 4.78 is 10.0. The van der Waals surface area contributed by atoms with Crippen molar-refractivity contribution in [1.29, 1.82) is 0 Å². The van der Waals surface area contributed by atoms with Crippen molar-refractivity contribution in [2.24, 2.45) is 0 Å². The first-order chi connectivity index (χ1) is 18.7. The number of aromatic nitrogens is 4. The van der Waals surface area contributed by atoms with Gasteiger partial charge >= 0.3 is 11.9 Å². The number of ether oxygens (including phenoxy) is 2. The van der Waals surface area contributed by atoms with E-state index in [1.165, 1.54) is 0 Å². The molecule has 2 aromatic heterocycles. The number of nitrogen functional groups attached to an aromatic ring is 2. The van der Waals surface area contributed by atoms with Crippen molar-refractivity contribution in [3.63, 3.8) is 0 Å². The van der Waals surface area contributed by atoms with Crippen LogP contribution in [0.1, 0.15) is 55.2 Å². The van der Waals surface area contributed by atoms with Crippen molar-refractivity contribution < 1.29 is 23.9 Å². The Morgan fingerprint density at radius 3 is 2.49 bits per heavy atom. The molecule has 1 atom stereocenters. The van der Waals surface area contributed by atoms with Gasteiger partial charge in [-0.15, -0.1) is 0 Å². The molecule has 1 amide bonds. The number of fused-ring (bicyclic) bond motifs is 1. The second kappa shape index (κ2) is 13.3. The SMILES string of the molecule is CCOC(=O)CC[C@H](NC(=O)c1ccc(N(C)Cc2cnc3nc(N)nc(N)c3n2)c(CC)c1)C(=O)OCC. The molecule has 0 bridgehead atoms. The molecule has 208 valence electrons. The van der Waals surface area contributed by atoms with E-state index in [4.69, 9.17) is 20.9 Å².